The van der Waals surface area contributed by atoms with Crippen LogP contribution in [0.2, 0.25) is 5.02 Å². The molecule has 9 nitrogen and oxygen atoms in total. The van der Waals surface area contributed by atoms with E-state index in [0.29, 0.717) is 10.8 Å². The molecule has 1 fully saturated rings. The molecule has 1 aromatic carbocycles. The smallest absolute Gasteiger partial charge is 0.352 e. The van der Waals surface area contributed by atoms with Gasteiger partial charge in [0.05, 0.1) is 0 Å². The van der Waals surface area contributed by atoms with Crippen molar-refractivity contribution in [1.82, 2.24) is 0 Å². The number of aliphatic hydroxyl groups excluding tert-OH is 3. The van der Waals surface area contributed by atoms with Gasteiger partial charge >= 0.3 is 11.9 Å². The van der Waals surface area contributed by atoms with Gasteiger partial charge in [0, 0.05) is 5.02 Å². The van der Waals surface area contributed by atoms with E-state index in [2.05, 4.69) is 0 Å². The SMILES string of the molecule is CC(C)(Oc1ccc(Cl)cc1)C(=O)OC1O[C@@H](C(=O)O)[C@H](O)[C@@H](O)[C@@H]1O. The highest BCUT2D eigenvalue weighted by Gasteiger charge is 2.49. The summed E-state index contributed by atoms with van der Waals surface area (Å²) in [4.78, 5) is 23.4. The summed E-state index contributed by atoms with van der Waals surface area (Å²) >= 11 is 5.77. The monoisotopic (exact) mass is 390 g/mol. The first kappa shape index (κ1) is 20.4. The van der Waals surface area contributed by atoms with Crippen molar-refractivity contribution in [3.8, 4) is 5.75 Å². The van der Waals surface area contributed by atoms with Crippen LogP contribution in [-0.4, -0.2) is 68.7 Å². The molecule has 0 spiro atoms. The summed E-state index contributed by atoms with van der Waals surface area (Å²) in [6.45, 7) is 2.78. The van der Waals surface area contributed by atoms with Gasteiger partial charge in [-0.1, -0.05) is 11.6 Å². The van der Waals surface area contributed by atoms with E-state index in [0.717, 1.165) is 0 Å². The highest BCUT2D eigenvalue weighted by Crippen LogP contribution is 2.26. The molecule has 1 aliphatic rings. The molecule has 0 bridgehead atoms. The summed E-state index contributed by atoms with van der Waals surface area (Å²) in [5.41, 5.74) is -1.53. The fourth-order valence-electron chi connectivity index (χ4n) is 2.24. The van der Waals surface area contributed by atoms with Crippen molar-refractivity contribution in [2.24, 2.45) is 0 Å². The van der Waals surface area contributed by atoms with E-state index in [1.807, 2.05) is 0 Å². The van der Waals surface area contributed by atoms with Gasteiger partial charge in [-0.15, -0.1) is 0 Å². The van der Waals surface area contributed by atoms with Crippen molar-refractivity contribution < 1.29 is 44.2 Å². The van der Waals surface area contributed by atoms with Crippen LogP contribution < -0.4 is 4.74 Å². The maximum absolute atomic E-state index is 12.4. The number of hydrogen-bond acceptors (Lipinski definition) is 8. The first-order valence-electron chi connectivity index (χ1n) is 7.61. The zero-order chi connectivity index (χ0) is 19.6. The maximum atomic E-state index is 12.4. The Bertz CT molecular complexity index is 660. The second kappa shape index (κ2) is 7.77. The summed E-state index contributed by atoms with van der Waals surface area (Å²) < 4.78 is 15.4. The Kier molecular flexibility index (Phi) is 6.09. The van der Waals surface area contributed by atoms with Crippen molar-refractivity contribution in [1.29, 1.82) is 0 Å². The van der Waals surface area contributed by atoms with E-state index in [4.69, 9.17) is 30.9 Å². The number of benzene rings is 1. The minimum atomic E-state index is -1.88. The van der Waals surface area contributed by atoms with Gasteiger partial charge in [0.25, 0.3) is 0 Å². The molecule has 0 amide bonds. The third-order valence-electron chi connectivity index (χ3n) is 3.71. The Labute approximate surface area is 153 Å². The fraction of sp³-hybridized carbons (Fsp3) is 0.500. The lowest BCUT2D eigenvalue weighted by molar-refractivity contribution is -0.289. The number of carboxylic acids is 1. The molecule has 26 heavy (non-hydrogen) atoms. The second-order valence-electron chi connectivity index (χ2n) is 6.21. The number of carboxylic acid groups (broad SMARTS) is 1. The first-order chi connectivity index (χ1) is 12.0. The van der Waals surface area contributed by atoms with Crippen LogP contribution in [-0.2, 0) is 19.1 Å². The number of carbonyl (C=O) groups excluding carboxylic acids is 1. The largest absolute Gasteiger partial charge is 0.479 e. The molecular formula is C16H19ClO9. The van der Waals surface area contributed by atoms with Crippen molar-refractivity contribution in [2.75, 3.05) is 0 Å². The normalized spacial score (nSPS) is 29.1. The first-order valence-corrected chi connectivity index (χ1v) is 7.99. The zero-order valence-electron chi connectivity index (χ0n) is 13.9. The molecule has 144 valence electrons. The number of rotatable bonds is 5. The summed E-state index contributed by atoms with van der Waals surface area (Å²) in [6.07, 6.45) is -9.25. The number of esters is 1. The fourth-order valence-corrected chi connectivity index (χ4v) is 2.36. The quantitative estimate of drug-likeness (QED) is 0.508. The molecule has 1 aromatic rings. The average molecular weight is 391 g/mol. The van der Waals surface area contributed by atoms with Crippen LogP contribution in [0.1, 0.15) is 13.8 Å². The molecule has 2 rings (SSSR count). The second-order valence-corrected chi connectivity index (χ2v) is 6.64. The van der Waals surface area contributed by atoms with Gasteiger partial charge in [-0.2, -0.15) is 0 Å². The summed E-state index contributed by atoms with van der Waals surface area (Å²) in [5, 5.41) is 38.7. The van der Waals surface area contributed by atoms with E-state index < -0.39 is 48.2 Å². The van der Waals surface area contributed by atoms with Gasteiger partial charge in [-0.25, -0.2) is 9.59 Å². The van der Waals surface area contributed by atoms with E-state index in [1.54, 1.807) is 12.1 Å². The number of carbonyl (C=O) groups is 2. The van der Waals surface area contributed by atoms with Crippen molar-refractivity contribution >= 4 is 23.5 Å². The topological polar surface area (TPSA) is 143 Å². The molecular weight excluding hydrogens is 372 g/mol. The molecule has 10 heteroatoms. The Hall–Kier alpha value is -1.91. The summed E-state index contributed by atoms with van der Waals surface area (Å²) in [5.74, 6) is -2.24. The number of halogens is 1. The van der Waals surface area contributed by atoms with Crippen molar-refractivity contribution in [2.45, 2.75) is 50.2 Å². The van der Waals surface area contributed by atoms with Gasteiger partial charge in [0.2, 0.25) is 6.29 Å². The van der Waals surface area contributed by atoms with Crippen LogP contribution in [0.5, 0.6) is 5.75 Å². The summed E-state index contributed by atoms with van der Waals surface area (Å²) in [7, 11) is 0. The summed E-state index contributed by atoms with van der Waals surface area (Å²) in [6, 6.07) is 6.18. The molecule has 0 radical (unpaired) electrons. The average Bonchev–Trinajstić information content (AvgIpc) is 2.56. The van der Waals surface area contributed by atoms with Crippen LogP contribution in [0.15, 0.2) is 24.3 Å². The Morgan fingerprint density at radius 1 is 1.08 bits per heavy atom. The standard InChI is InChI=1S/C16H19ClO9/c1-16(2,26-8-5-3-7(17)4-6-8)15(23)25-14-11(20)9(18)10(19)12(24-14)13(21)22/h3-6,9-12,14,18-20H,1-2H3,(H,21,22)/t9-,10-,11+,12-,14?/m1/s1. The van der Waals surface area contributed by atoms with Crippen LogP contribution >= 0.6 is 11.6 Å². The number of aliphatic carboxylic acids is 1. The van der Waals surface area contributed by atoms with Crippen LogP contribution in [0.3, 0.4) is 0 Å². The minimum absolute atomic E-state index is 0.320. The maximum Gasteiger partial charge on any atom is 0.352 e. The number of aliphatic hydroxyl groups is 3. The van der Waals surface area contributed by atoms with Gasteiger partial charge in [-0.05, 0) is 38.1 Å². The molecule has 0 saturated carbocycles. The molecule has 0 aromatic heterocycles. The van der Waals surface area contributed by atoms with Gasteiger partial charge < -0.3 is 34.6 Å². The van der Waals surface area contributed by atoms with E-state index in [-0.39, 0.29) is 0 Å². The molecule has 5 atom stereocenters. The third-order valence-corrected chi connectivity index (χ3v) is 3.97. The van der Waals surface area contributed by atoms with Gasteiger partial charge in [0.1, 0.15) is 24.1 Å². The van der Waals surface area contributed by atoms with Crippen LogP contribution in [0, 0.1) is 0 Å². The molecule has 1 unspecified atom stereocenters. The lowest BCUT2D eigenvalue weighted by Crippen LogP contribution is -2.61. The minimum Gasteiger partial charge on any atom is -0.479 e. The highest BCUT2D eigenvalue weighted by molar-refractivity contribution is 6.30. The molecule has 4 N–H and O–H groups in total. The van der Waals surface area contributed by atoms with E-state index in [1.165, 1.54) is 26.0 Å². The van der Waals surface area contributed by atoms with E-state index in [9.17, 15) is 24.9 Å². The van der Waals surface area contributed by atoms with Crippen molar-refractivity contribution in [3.05, 3.63) is 29.3 Å². The zero-order valence-corrected chi connectivity index (χ0v) is 14.7. The lowest BCUT2D eigenvalue weighted by Gasteiger charge is -2.39. The van der Waals surface area contributed by atoms with Crippen LogP contribution in [0.4, 0.5) is 0 Å². The third kappa shape index (κ3) is 4.43. The Morgan fingerprint density at radius 2 is 1.65 bits per heavy atom. The van der Waals surface area contributed by atoms with Gasteiger partial charge in [-0.3, -0.25) is 0 Å². The molecule has 1 aliphatic heterocycles. The molecule has 1 saturated heterocycles. The number of hydrogen-bond donors (Lipinski definition) is 4. The highest BCUT2D eigenvalue weighted by atomic mass is 35.5. The van der Waals surface area contributed by atoms with Crippen LogP contribution in [0.25, 0.3) is 0 Å². The predicted molar refractivity (Wildman–Crippen MR) is 86.6 cm³/mol. The molecule has 1 heterocycles. The Balaban J connectivity index is 2.08. The van der Waals surface area contributed by atoms with Gasteiger partial charge in [0.15, 0.2) is 11.7 Å². The predicted octanol–water partition coefficient (Wildman–Crippen LogP) is -0.0672. The Morgan fingerprint density at radius 3 is 2.19 bits per heavy atom. The molecule has 0 aliphatic carbocycles. The number of ether oxygens (including phenoxy) is 3. The lowest BCUT2D eigenvalue weighted by atomic mass is 9.99. The van der Waals surface area contributed by atoms with E-state index >= 15 is 0 Å². The van der Waals surface area contributed by atoms with Crippen molar-refractivity contribution in [3.63, 3.8) is 0 Å².